The number of amidine groups is 1. The fraction of sp³-hybridized carbons (Fsp3) is 0.733. The molecule has 1 aliphatic heterocycles. The van der Waals surface area contributed by atoms with E-state index in [9.17, 15) is 0 Å². The van der Waals surface area contributed by atoms with Gasteiger partial charge in [0.05, 0.1) is 20.2 Å². The Hall–Kier alpha value is -1.80. The van der Waals surface area contributed by atoms with Crippen LogP contribution in [0, 0.1) is 5.92 Å². The highest BCUT2D eigenvalue weighted by Gasteiger charge is 2.18. The lowest BCUT2D eigenvalue weighted by molar-refractivity contribution is -0.322. The lowest BCUT2D eigenvalue weighted by Crippen LogP contribution is -2.36. The van der Waals surface area contributed by atoms with Crippen LogP contribution < -0.4 is 0 Å². The van der Waals surface area contributed by atoms with Gasteiger partial charge in [0.25, 0.3) is 0 Å². The van der Waals surface area contributed by atoms with Crippen LogP contribution in [-0.2, 0) is 9.78 Å². The lowest BCUT2D eigenvalue weighted by atomic mass is 10.2. The molecular weight excluding hydrogens is 296 g/mol. The molecule has 2 atom stereocenters. The molecule has 8 nitrogen and oxygen atoms in total. The van der Waals surface area contributed by atoms with E-state index in [2.05, 4.69) is 34.3 Å². The third-order valence-corrected chi connectivity index (χ3v) is 3.14. The van der Waals surface area contributed by atoms with E-state index < -0.39 is 0 Å². The van der Waals surface area contributed by atoms with Gasteiger partial charge in [0.1, 0.15) is 5.84 Å². The first-order valence-electron chi connectivity index (χ1n) is 7.91. The van der Waals surface area contributed by atoms with E-state index in [0.717, 1.165) is 18.7 Å². The van der Waals surface area contributed by atoms with Crippen molar-refractivity contribution in [3.63, 3.8) is 0 Å². The third kappa shape index (κ3) is 6.87. The number of hydrogen-bond acceptors (Lipinski definition) is 7. The lowest BCUT2D eigenvalue weighted by Gasteiger charge is -2.26. The van der Waals surface area contributed by atoms with Crippen molar-refractivity contribution < 1.29 is 9.78 Å². The van der Waals surface area contributed by atoms with Crippen LogP contribution in [0.4, 0.5) is 0 Å². The van der Waals surface area contributed by atoms with Gasteiger partial charge in [-0.1, -0.05) is 19.1 Å². The Morgan fingerprint density at radius 3 is 2.83 bits per heavy atom. The highest BCUT2D eigenvalue weighted by atomic mass is 17.2. The van der Waals surface area contributed by atoms with Crippen molar-refractivity contribution in [3.05, 3.63) is 12.3 Å². The van der Waals surface area contributed by atoms with Crippen molar-refractivity contribution in [1.29, 1.82) is 0 Å². The summed E-state index contributed by atoms with van der Waals surface area (Å²) in [6.45, 7) is 7.40. The van der Waals surface area contributed by atoms with Crippen LogP contribution in [0.25, 0.3) is 0 Å². The minimum absolute atomic E-state index is 0.189. The molecule has 0 saturated carbocycles. The van der Waals surface area contributed by atoms with E-state index >= 15 is 0 Å². The van der Waals surface area contributed by atoms with Gasteiger partial charge in [0.15, 0.2) is 6.23 Å². The van der Waals surface area contributed by atoms with Crippen LogP contribution in [0.15, 0.2) is 32.7 Å². The molecule has 0 amide bonds. The Kier molecular flexibility index (Phi) is 9.08. The average Bonchev–Trinajstić information content (AvgIpc) is 2.55. The largest absolute Gasteiger partial charge is 0.274 e. The van der Waals surface area contributed by atoms with Gasteiger partial charge in [0, 0.05) is 31.8 Å². The second-order valence-corrected chi connectivity index (χ2v) is 5.26. The summed E-state index contributed by atoms with van der Waals surface area (Å²) in [5, 5.41) is 16.1. The van der Waals surface area contributed by atoms with Gasteiger partial charge >= 0.3 is 0 Å². The van der Waals surface area contributed by atoms with E-state index in [4.69, 9.17) is 9.78 Å². The van der Waals surface area contributed by atoms with Crippen molar-refractivity contribution in [3.8, 4) is 0 Å². The molecule has 1 aliphatic rings. The van der Waals surface area contributed by atoms with Crippen LogP contribution in [0.3, 0.4) is 0 Å². The van der Waals surface area contributed by atoms with Gasteiger partial charge in [-0.2, -0.15) is 10.2 Å². The van der Waals surface area contributed by atoms with Crippen molar-refractivity contribution in [1.82, 2.24) is 10.0 Å². The summed E-state index contributed by atoms with van der Waals surface area (Å²) in [4.78, 5) is 14.3. The minimum atomic E-state index is -0.358. The van der Waals surface area contributed by atoms with Gasteiger partial charge in [-0.05, 0) is 19.4 Å². The monoisotopic (exact) mass is 324 g/mol. The number of aliphatic imine (C=N–C) groups is 1. The summed E-state index contributed by atoms with van der Waals surface area (Å²) in [7, 11) is 3.24. The Balaban J connectivity index is 2.71. The second-order valence-electron chi connectivity index (χ2n) is 5.26. The first kappa shape index (κ1) is 19.2. The van der Waals surface area contributed by atoms with Crippen molar-refractivity contribution in [2.45, 2.75) is 39.8 Å². The average molecular weight is 324 g/mol. The van der Waals surface area contributed by atoms with Gasteiger partial charge in [-0.3, -0.25) is 10.0 Å². The van der Waals surface area contributed by atoms with E-state index in [1.165, 1.54) is 7.11 Å². The fourth-order valence-corrected chi connectivity index (χ4v) is 2.09. The van der Waals surface area contributed by atoms with Crippen molar-refractivity contribution in [2.24, 2.45) is 26.3 Å². The molecule has 0 spiro atoms. The van der Waals surface area contributed by atoms with Crippen LogP contribution in [0.5, 0.6) is 0 Å². The van der Waals surface area contributed by atoms with Crippen molar-refractivity contribution >= 4 is 12.1 Å². The third-order valence-electron chi connectivity index (χ3n) is 3.14. The minimum Gasteiger partial charge on any atom is -0.274 e. The predicted octanol–water partition coefficient (Wildman–Crippen LogP) is 2.86. The molecule has 0 N–H and O–H groups in total. The molecule has 8 heteroatoms. The molecule has 1 heterocycles. The maximum atomic E-state index is 5.19. The Labute approximate surface area is 138 Å². The maximum absolute atomic E-state index is 5.19. The van der Waals surface area contributed by atoms with Crippen LogP contribution in [0.1, 0.15) is 33.6 Å². The molecule has 1 rings (SSSR count). The summed E-state index contributed by atoms with van der Waals surface area (Å²) in [5.41, 5.74) is 0. The fourth-order valence-electron chi connectivity index (χ4n) is 2.09. The Morgan fingerprint density at radius 1 is 1.48 bits per heavy atom. The highest BCUT2D eigenvalue weighted by molar-refractivity contribution is 5.83. The first-order valence-corrected chi connectivity index (χ1v) is 7.91. The number of nitrogens with zero attached hydrogens (tertiary/aromatic N) is 6. The topological polar surface area (TPSA) is 74.4 Å². The second kappa shape index (κ2) is 10.8. The van der Waals surface area contributed by atoms with Crippen LogP contribution in [0.2, 0.25) is 0 Å². The summed E-state index contributed by atoms with van der Waals surface area (Å²) in [5.74, 6) is 1.05. The van der Waals surface area contributed by atoms with Gasteiger partial charge in [-0.25, -0.2) is 14.8 Å². The van der Waals surface area contributed by atoms with Crippen LogP contribution >= 0.6 is 0 Å². The molecule has 2 unspecified atom stereocenters. The Bertz CT molecular complexity index is 437. The molecule has 0 radical (unpaired) electrons. The molecule has 130 valence electrons. The van der Waals surface area contributed by atoms with Gasteiger partial charge < -0.3 is 0 Å². The van der Waals surface area contributed by atoms with Gasteiger partial charge in [-0.15, -0.1) is 0 Å². The molecular formula is C15H28N6O2. The van der Waals surface area contributed by atoms with Crippen LogP contribution in [-0.4, -0.2) is 55.5 Å². The Morgan fingerprint density at radius 2 is 2.26 bits per heavy atom. The molecule has 0 fully saturated rings. The summed E-state index contributed by atoms with van der Waals surface area (Å²) >= 11 is 0. The standard InChI is InChI=1S/C15H28N6O2/c1-6-8-15(16-4)21(14(3)23-22-5)18-11-13(2)12-20-10-7-9-17-19-20/h7,10-11,13-14H,6,8-9,12H2,1-5H3/b16-15?,18-11-. The molecule has 0 saturated heterocycles. The summed E-state index contributed by atoms with van der Waals surface area (Å²) in [6, 6.07) is 0. The highest BCUT2D eigenvalue weighted by Crippen LogP contribution is 2.10. The smallest absolute Gasteiger partial charge is 0.183 e. The zero-order valence-electron chi connectivity index (χ0n) is 14.7. The summed E-state index contributed by atoms with van der Waals surface area (Å²) in [6.07, 6.45) is 7.22. The number of rotatable bonds is 9. The zero-order chi connectivity index (χ0) is 17.1. The first-order chi connectivity index (χ1) is 11.1. The molecule has 0 aromatic heterocycles. The summed E-state index contributed by atoms with van der Waals surface area (Å²) < 4.78 is 0. The van der Waals surface area contributed by atoms with E-state index in [0.29, 0.717) is 13.1 Å². The van der Waals surface area contributed by atoms with Gasteiger partial charge in [0.2, 0.25) is 0 Å². The number of hydrogen-bond donors (Lipinski definition) is 0. The molecule has 0 aromatic rings. The van der Waals surface area contributed by atoms with E-state index in [1.807, 2.05) is 25.4 Å². The SMILES string of the molecule is CCCC(=NC)N(/N=C\C(C)CN1C=CCN=N1)C(C)OOC. The zero-order valence-corrected chi connectivity index (χ0v) is 14.7. The normalized spacial score (nSPS) is 17.8. The van der Waals surface area contributed by atoms with E-state index in [1.54, 1.807) is 17.1 Å². The maximum Gasteiger partial charge on any atom is 0.183 e. The number of hydrazone groups is 1. The molecule has 0 aliphatic carbocycles. The predicted molar refractivity (Wildman–Crippen MR) is 90.9 cm³/mol. The van der Waals surface area contributed by atoms with E-state index in [-0.39, 0.29) is 12.1 Å². The molecule has 0 aromatic carbocycles. The quantitative estimate of drug-likeness (QED) is 0.215. The molecule has 23 heavy (non-hydrogen) atoms. The molecule has 0 bridgehead atoms. The van der Waals surface area contributed by atoms with Crippen molar-refractivity contribution in [2.75, 3.05) is 27.2 Å².